The number of hydrogen-bond acceptors (Lipinski definition) is 3. The molecule has 0 spiro atoms. The monoisotopic (exact) mass is 247 g/mol. The number of nitrogens with zero attached hydrogens (tertiary/aromatic N) is 2. The second kappa shape index (κ2) is 4.26. The molecule has 1 aromatic carbocycles. The van der Waals surface area contributed by atoms with Crippen LogP contribution in [0.15, 0.2) is 18.2 Å². The van der Waals surface area contributed by atoms with E-state index in [1.807, 2.05) is 12.1 Å². The largest absolute Gasteiger partial charge is 0.369 e. The van der Waals surface area contributed by atoms with Crippen LogP contribution in [0.25, 0.3) is 11.0 Å². The highest BCUT2D eigenvalue weighted by atomic mass is 32.2. The van der Waals surface area contributed by atoms with Gasteiger partial charge in [0.25, 0.3) is 0 Å². The molecule has 4 heteroatoms. The van der Waals surface area contributed by atoms with Gasteiger partial charge in [0, 0.05) is 11.8 Å². The number of benzene rings is 1. The standard InChI is InChI=1S/C13H17N3S/c1-9-4-2-6-11-12(9)16(13(14)15-11)8-10-5-3-7-17-10/h2,4,6,10H,3,5,7-8H2,1H3,(H2,14,15). The van der Waals surface area contributed by atoms with E-state index in [9.17, 15) is 0 Å². The van der Waals surface area contributed by atoms with Crippen LogP contribution in [0.4, 0.5) is 5.95 Å². The molecule has 1 aliphatic rings. The van der Waals surface area contributed by atoms with Gasteiger partial charge in [-0.2, -0.15) is 11.8 Å². The number of rotatable bonds is 2. The molecule has 0 radical (unpaired) electrons. The highest BCUT2D eigenvalue weighted by Gasteiger charge is 2.19. The molecule has 3 nitrogen and oxygen atoms in total. The lowest BCUT2D eigenvalue weighted by molar-refractivity contribution is 0.657. The molecule has 0 amide bonds. The molecule has 1 aromatic heterocycles. The summed E-state index contributed by atoms with van der Waals surface area (Å²) in [6, 6.07) is 6.21. The van der Waals surface area contributed by atoms with Crippen LogP contribution in [0.2, 0.25) is 0 Å². The van der Waals surface area contributed by atoms with Crippen molar-refractivity contribution < 1.29 is 0 Å². The summed E-state index contributed by atoms with van der Waals surface area (Å²) in [5.74, 6) is 1.94. The molecule has 2 heterocycles. The zero-order valence-corrected chi connectivity index (χ0v) is 10.8. The third-order valence-corrected chi connectivity index (χ3v) is 4.79. The fourth-order valence-corrected chi connectivity index (χ4v) is 3.81. The molecule has 0 saturated carbocycles. The Kier molecular flexibility index (Phi) is 2.74. The first-order valence-electron chi connectivity index (χ1n) is 6.08. The van der Waals surface area contributed by atoms with E-state index in [0.717, 1.165) is 12.1 Å². The fraction of sp³-hybridized carbons (Fsp3) is 0.462. The van der Waals surface area contributed by atoms with Crippen molar-refractivity contribution in [2.75, 3.05) is 11.5 Å². The highest BCUT2D eigenvalue weighted by molar-refractivity contribution is 8.00. The molecule has 0 bridgehead atoms. The smallest absolute Gasteiger partial charge is 0.201 e. The molecule has 90 valence electrons. The number of nitrogen functional groups attached to an aromatic ring is 1. The van der Waals surface area contributed by atoms with E-state index < -0.39 is 0 Å². The van der Waals surface area contributed by atoms with Gasteiger partial charge >= 0.3 is 0 Å². The summed E-state index contributed by atoms with van der Waals surface area (Å²) in [5.41, 5.74) is 9.53. The lowest BCUT2D eigenvalue weighted by Crippen LogP contribution is -2.12. The van der Waals surface area contributed by atoms with E-state index in [1.165, 1.54) is 29.7 Å². The number of aryl methyl sites for hydroxylation is 1. The number of nitrogens with two attached hydrogens (primary N) is 1. The number of anilines is 1. The molecule has 0 aliphatic carbocycles. The Labute approximate surface area is 105 Å². The van der Waals surface area contributed by atoms with Crippen LogP contribution < -0.4 is 5.73 Å². The van der Waals surface area contributed by atoms with Gasteiger partial charge in [0.15, 0.2) is 0 Å². The summed E-state index contributed by atoms with van der Waals surface area (Å²) >= 11 is 2.06. The van der Waals surface area contributed by atoms with Crippen molar-refractivity contribution in [3.63, 3.8) is 0 Å². The van der Waals surface area contributed by atoms with Crippen LogP contribution in [0.5, 0.6) is 0 Å². The summed E-state index contributed by atoms with van der Waals surface area (Å²) in [6.07, 6.45) is 2.64. The summed E-state index contributed by atoms with van der Waals surface area (Å²) in [4.78, 5) is 4.45. The van der Waals surface area contributed by atoms with Gasteiger partial charge in [0.1, 0.15) is 0 Å². The topological polar surface area (TPSA) is 43.8 Å². The summed E-state index contributed by atoms with van der Waals surface area (Å²) < 4.78 is 2.19. The van der Waals surface area contributed by atoms with E-state index in [-0.39, 0.29) is 0 Å². The van der Waals surface area contributed by atoms with Crippen molar-refractivity contribution in [2.45, 2.75) is 31.6 Å². The molecular weight excluding hydrogens is 230 g/mol. The van der Waals surface area contributed by atoms with Gasteiger partial charge in [0.2, 0.25) is 5.95 Å². The molecule has 1 saturated heterocycles. The van der Waals surface area contributed by atoms with Crippen molar-refractivity contribution in [1.29, 1.82) is 0 Å². The number of fused-ring (bicyclic) bond motifs is 1. The van der Waals surface area contributed by atoms with Crippen LogP contribution in [0, 0.1) is 6.92 Å². The van der Waals surface area contributed by atoms with Crippen LogP contribution in [-0.4, -0.2) is 20.6 Å². The molecule has 17 heavy (non-hydrogen) atoms. The van der Waals surface area contributed by atoms with Gasteiger partial charge in [-0.1, -0.05) is 12.1 Å². The van der Waals surface area contributed by atoms with Gasteiger partial charge in [-0.15, -0.1) is 0 Å². The van der Waals surface area contributed by atoms with Crippen LogP contribution >= 0.6 is 11.8 Å². The van der Waals surface area contributed by atoms with E-state index in [4.69, 9.17) is 5.73 Å². The summed E-state index contributed by atoms with van der Waals surface area (Å²) in [5, 5.41) is 0.703. The number of aromatic nitrogens is 2. The number of hydrogen-bond donors (Lipinski definition) is 1. The molecule has 1 fully saturated rings. The Balaban J connectivity index is 2.04. The van der Waals surface area contributed by atoms with Crippen molar-refractivity contribution in [3.8, 4) is 0 Å². The summed E-state index contributed by atoms with van der Waals surface area (Å²) in [7, 11) is 0. The first kappa shape index (κ1) is 11.0. The number of thioether (sulfide) groups is 1. The van der Waals surface area contributed by atoms with Gasteiger partial charge < -0.3 is 10.3 Å². The average molecular weight is 247 g/mol. The van der Waals surface area contributed by atoms with Crippen molar-refractivity contribution >= 4 is 28.7 Å². The first-order chi connectivity index (χ1) is 8.25. The second-order valence-corrected chi connectivity index (χ2v) is 6.07. The van der Waals surface area contributed by atoms with E-state index in [0.29, 0.717) is 11.2 Å². The Morgan fingerprint density at radius 3 is 3.18 bits per heavy atom. The molecule has 2 aromatic rings. The maximum Gasteiger partial charge on any atom is 0.201 e. The average Bonchev–Trinajstić information content (AvgIpc) is 2.89. The maximum absolute atomic E-state index is 6.04. The zero-order chi connectivity index (χ0) is 11.8. The molecular formula is C13H17N3S. The van der Waals surface area contributed by atoms with Crippen LogP contribution in [0.3, 0.4) is 0 Å². The first-order valence-corrected chi connectivity index (χ1v) is 7.13. The number of imidazole rings is 1. The predicted molar refractivity (Wildman–Crippen MR) is 74.4 cm³/mol. The van der Waals surface area contributed by atoms with Crippen molar-refractivity contribution in [2.24, 2.45) is 0 Å². The van der Waals surface area contributed by atoms with Gasteiger partial charge in [-0.25, -0.2) is 4.98 Å². The maximum atomic E-state index is 6.04. The molecule has 3 rings (SSSR count). The normalized spacial score (nSPS) is 20.2. The van der Waals surface area contributed by atoms with Crippen molar-refractivity contribution in [3.05, 3.63) is 23.8 Å². The predicted octanol–water partition coefficient (Wildman–Crippen LogP) is 2.82. The SMILES string of the molecule is Cc1cccc2nc(N)n(CC3CCCS3)c12. The molecule has 1 aliphatic heterocycles. The number of para-hydroxylation sites is 1. The van der Waals surface area contributed by atoms with Crippen molar-refractivity contribution in [1.82, 2.24) is 9.55 Å². The quantitative estimate of drug-likeness (QED) is 0.887. The van der Waals surface area contributed by atoms with Crippen LogP contribution in [0.1, 0.15) is 18.4 Å². The van der Waals surface area contributed by atoms with E-state index >= 15 is 0 Å². The Morgan fingerprint density at radius 2 is 2.41 bits per heavy atom. The molecule has 2 N–H and O–H groups in total. The van der Waals surface area contributed by atoms with Gasteiger partial charge in [0.05, 0.1) is 11.0 Å². The van der Waals surface area contributed by atoms with Gasteiger partial charge in [-0.3, -0.25) is 0 Å². The fourth-order valence-electron chi connectivity index (χ4n) is 2.56. The van der Waals surface area contributed by atoms with E-state index in [1.54, 1.807) is 0 Å². The van der Waals surface area contributed by atoms with Gasteiger partial charge in [-0.05, 0) is 37.1 Å². The third-order valence-electron chi connectivity index (χ3n) is 3.41. The molecule has 1 atom stereocenters. The highest BCUT2D eigenvalue weighted by Crippen LogP contribution is 2.30. The van der Waals surface area contributed by atoms with Crippen LogP contribution in [-0.2, 0) is 6.54 Å². The lowest BCUT2D eigenvalue weighted by Gasteiger charge is -2.12. The minimum atomic E-state index is 0.654. The third kappa shape index (κ3) is 1.90. The Bertz CT molecular complexity index is 541. The minimum absolute atomic E-state index is 0.654. The lowest BCUT2D eigenvalue weighted by atomic mass is 10.2. The summed E-state index contributed by atoms with van der Waals surface area (Å²) in [6.45, 7) is 3.12. The van der Waals surface area contributed by atoms with E-state index in [2.05, 4.69) is 34.3 Å². The minimum Gasteiger partial charge on any atom is -0.369 e. The second-order valence-electron chi connectivity index (χ2n) is 4.66. The Hall–Kier alpha value is -1.16. The Morgan fingerprint density at radius 1 is 1.53 bits per heavy atom. The zero-order valence-electron chi connectivity index (χ0n) is 10.0. The molecule has 1 unspecified atom stereocenters.